The number of rotatable bonds is 4. The van der Waals surface area contributed by atoms with E-state index >= 15 is 0 Å². The number of allylic oxidation sites excluding steroid dienone is 1. The summed E-state index contributed by atoms with van der Waals surface area (Å²) < 4.78 is 5.34. The van der Waals surface area contributed by atoms with Crippen LogP contribution in [0.25, 0.3) is 0 Å². The van der Waals surface area contributed by atoms with Crippen molar-refractivity contribution in [2.24, 2.45) is 23.2 Å². The summed E-state index contributed by atoms with van der Waals surface area (Å²) in [5, 5.41) is 21.3. The molecule has 3 aliphatic rings. The highest BCUT2D eigenvalue weighted by atomic mass is 16.5. The number of aliphatic hydroxyl groups is 2. The molecule has 6 atom stereocenters. The molecule has 0 bridgehead atoms. The van der Waals surface area contributed by atoms with Gasteiger partial charge in [0.15, 0.2) is 0 Å². The van der Waals surface area contributed by atoms with Gasteiger partial charge in [-0.15, -0.1) is 0 Å². The Kier molecular flexibility index (Phi) is 6.38. The minimum absolute atomic E-state index is 0.0548. The first kappa shape index (κ1) is 21.5. The molecule has 0 unspecified atom stereocenters. The normalized spacial score (nSPS) is 39.7. The van der Waals surface area contributed by atoms with Crippen molar-refractivity contribution in [2.45, 2.75) is 65.1 Å². The highest BCUT2D eigenvalue weighted by molar-refractivity contribution is 5.83. The summed E-state index contributed by atoms with van der Waals surface area (Å²) in [7, 11) is 3.91. The molecule has 3 aliphatic carbocycles. The maximum atomic E-state index is 12.2. The molecule has 2 N–H and O–H groups in total. The molecule has 0 heterocycles. The molecule has 158 valence electrons. The zero-order valence-corrected chi connectivity index (χ0v) is 18.1. The van der Waals surface area contributed by atoms with E-state index in [4.69, 9.17) is 4.74 Å². The third-order valence-electron chi connectivity index (χ3n) is 7.74. The maximum Gasteiger partial charge on any atom is 0.330 e. The molecular weight excluding hydrogens is 354 g/mol. The zero-order valence-electron chi connectivity index (χ0n) is 18.1. The molecule has 0 saturated heterocycles. The quantitative estimate of drug-likeness (QED) is 0.438. The minimum atomic E-state index is -0.420. The monoisotopic (exact) mass is 391 g/mol. The average Bonchev–Trinajstić information content (AvgIpc) is 2.62. The van der Waals surface area contributed by atoms with Crippen molar-refractivity contribution < 1.29 is 19.7 Å². The number of likely N-dealkylation sites (N-methyl/N-ethyl adjacent to an activating group) is 1. The van der Waals surface area contributed by atoms with Gasteiger partial charge < -0.3 is 19.8 Å². The van der Waals surface area contributed by atoms with Crippen LogP contribution in [-0.2, 0) is 9.53 Å². The molecule has 0 radical (unpaired) electrons. The van der Waals surface area contributed by atoms with Crippen molar-refractivity contribution in [3.63, 3.8) is 0 Å². The van der Waals surface area contributed by atoms with Gasteiger partial charge in [-0.2, -0.15) is 0 Å². The summed E-state index contributed by atoms with van der Waals surface area (Å²) in [6, 6.07) is 0. The number of esters is 1. The van der Waals surface area contributed by atoms with Gasteiger partial charge in [-0.1, -0.05) is 25.0 Å². The molecule has 3 rings (SSSR count). The maximum absolute atomic E-state index is 12.2. The highest BCUT2D eigenvalue weighted by Crippen LogP contribution is 2.60. The second-order valence-corrected chi connectivity index (χ2v) is 9.61. The number of hydrogen-bond donors (Lipinski definition) is 2. The van der Waals surface area contributed by atoms with E-state index in [0.29, 0.717) is 25.5 Å². The molecule has 28 heavy (non-hydrogen) atoms. The van der Waals surface area contributed by atoms with Gasteiger partial charge in [-0.05, 0) is 81.9 Å². The Morgan fingerprint density at radius 2 is 2.04 bits per heavy atom. The third-order valence-corrected chi connectivity index (χ3v) is 7.74. The van der Waals surface area contributed by atoms with Crippen molar-refractivity contribution in [2.75, 3.05) is 27.2 Å². The molecule has 0 aliphatic heterocycles. The van der Waals surface area contributed by atoms with Crippen LogP contribution in [0.5, 0.6) is 0 Å². The van der Waals surface area contributed by atoms with Crippen LogP contribution in [0.1, 0.15) is 52.9 Å². The smallest absolute Gasteiger partial charge is 0.330 e. The number of hydrogen-bond acceptors (Lipinski definition) is 5. The summed E-state index contributed by atoms with van der Waals surface area (Å²) in [5.74, 6) is 0.452. The van der Waals surface area contributed by atoms with E-state index in [1.54, 1.807) is 6.08 Å². The molecule has 0 aromatic carbocycles. The molecule has 0 spiro atoms. The predicted molar refractivity (Wildman–Crippen MR) is 110 cm³/mol. The zero-order chi connectivity index (χ0) is 20.6. The van der Waals surface area contributed by atoms with Gasteiger partial charge in [0.2, 0.25) is 0 Å². The molecule has 0 amide bonds. The number of ether oxygens (including phenoxy) is 1. The van der Waals surface area contributed by atoms with E-state index in [-0.39, 0.29) is 29.3 Å². The summed E-state index contributed by atoms with van der Waals surface area (Å²) in [4.78, 5) is 14.2. The first-order valence-corrected chi connectivity index (χ1v) is 10.7. The largest absolute Gasteiger partial charge is 0.461 e. The lowest BCUT2D eigenvalue weighted by molar-refractivity contribution is -0.138. The topological polar surface area (TPSA) is 70.0 Å². The van der Waals surface area contributed by atoms with Crippen molar-refractivity contribution in [3.8, 4) is 0 Å². The van der Waals surface area contributed by atoms with E-state index < -0.39 is 6.10 Å². The SMILES string of the molecule is CC1=C2C[C@H](O)[C@H]3[C@@H](C)/C(=C/C(=O)OCCN(C)C)CC[C@@H]3[C@@]2(C)CC[C@@H]1O. The Labute approximate surface area is 169 Å². The molecule has 2 saturated carbocycles. The van der Waals surface area contributed by atoms with Crippen molar-refractivity contribution in [1.82, 2.24) is 4.90 Å². The summed E-state index contributed by atoms with van der Waals surface area (Å²) >= 11 is 0. The number of carbonyl (C=O) groups excluding carboxylic acids is 1. The molecule has 2 fully saturated rings. The Hall–Kier alpha value is -1.17. The van der Waals surface area contributed by atoms with Crippen LogP contribution in [0.15, 0.2) is 22.8 Å². The Bertz CT molecular complexity index is 668. The van der Waals surface area contributed by atoms with Gasteiger partial charge in [0, 0.05) is 12.6 Å². The van der Waals surface area contributed by atoms with Gasteiger partial charge in [0.1, 0.15) is 6.61 Å². The molecule has 5 nitrogen and oxygen atoms in total. The summed E-state index contributed by atoms with van der Waals surface area (Å²) in [6.45, 7) is 7.63. The van der Waals surface area contributed by atoms with Crippen molar-refractivity contribution in [1.29, 1.82) is 0 Å². The van der Waals surface area contributed by atoms with Crippen LogP contribution in [0.3, 0.4) is 0 Å². The van der Waals surface area contributed by atoms with Gasteiger partial charge in [0.25, 0.3) is 0 Å². The molecule has 0 aromatic heterocycles. The first-order valence-electron chi connectivity index (χ1n) is 10.7. The minimum Gasteiger partial charge on any atom is -0.461 e. The molecular formula is C23H37NO4. The van der Waals surface area contributed by atoms with Gasteiger partial charge in [-0.25, -0.2) is 4.79 Å². The van der Waals surface area contributed by atoms with E-state index in [0.717, 1.165) is 36.8 Å². The van der Waals surface area contributed by atoms with E-state index in [1.807, 2.05) is 25.9 Å². The Morgan fingerprint density at radius 3 is 2.71 bits per heavy atom. The highest BCUT2D eigenvalue weighted by Gasteiger charge is 2.54. The fraction of sp³-hybridized carbons (Fsp3) is 0.783. The van der Waals surface area contributed by atoms with Crippen molar-refractivity contribution in [3.05, 3.63) is 22.8 Å². The van der Waals surface area contributed by atoms with E-state index in [1.165, 1.54) is 5.57 Å². The second kappa shape index (κ2) is 8.29. The molecule has 5 heteroatoms. The van der Waals surface area contributed by atoms with Gasteiger partial charge >= 0.3 is 5.97 Å². The summed E-state index contributed by atoms with van der Waals surface area (Å²) in [5.41, 5.74) is 3.52. The van der Waals surface area contributed by atoms with E-state index in [2.05, 4.69) is 13.8 Å². The number of nitrogens with zero attached hydrogens (tertiary/aromatic N) is 1. The lowest BCUT2D eigenvalue weighted by Gasteiger charge is -2.57. The van der Waals surface area contributed by atoms with Gasteiger partial charge in [-0.3, -0.25) is 0 Å². The first-order chi connectivity index (χ1) is 13.1. The standard InChI is InChI=1S/C23H37NO4/c1-14-16(12-21(27)28-11-10-24(4)5)6-7-17-22(14)20(26)13-18-15(2)19(25)8-9-23(17,18)3/h12,14,17,19-20,22,25-26H,6-11,13H2,1-5H3/b16-12+/t14-,17-,19-,20-,22-,23+/m0/s1. The lowest BCUT2D eigenvalue weighted by atomic mass is 9.49. The average molecular weight is 392 g/mol. The van der Waals surface area contributed by atoms with Crippen LogP contribution >= 0.6 is 0 Å². The van der Waals surface area contributed by atoms with Gasteiger partial charge in [0.05, 0.1) is 12.2 Å². The summed E-state index contributed by atoms with van der Waals surface area (Å²) in [6.07, 6.45) is 5.18. The van der Waals surface area contributed by atoms with Crippen LogP contribution < -0.4 is 0 Å². The number of fused-ring (bicyclic) bond motifs is 3. The number of aliphatic hydroxyl groups excluding tert-OH is 2. The fourth-order valence-electron chi connectivity index (χ4n) is 6.01. The van der Waals surface area contributed by atoms with Crippen LogP contribution in [0, 0.1) is 23.2 Å². The van der Waals surface area contributed by atoms with Crippen LogP contribution in [0.2, 0.25) is 0 Å². The fourth-order valence-corrected chi connectivity index (χ4v) is 6.01. The van der Waals surface area contributed by atoms with E-state index in [9.17, 15) is 15.0 Å². The van der Waals surface area contributed by atoms with Crippen LogP contribution in [-0.4, -0.2) is 60.5 Å². The second-order valence-electron chi connectivity index (χ2n) is 9.61. The van der Waals surface area contributed by atoms with Crippen molar-refractivity contribution >= 4 is 5.97 Å². The Morgan fingerprint density at radius 1 is 1.32 bits per heavy atom. The number of carbonyl (C=O) groups is 1. The predicted octanol–water partition coefficient (Wildman–Crippen LogP) is 2.92. The van der Waals surface area contributed by atoms with Crippen LogP contribution in [0.4, 0.5) is 0 Å². The Balaban J connectivity index is 1.77. The third kappa shape index (κ3) is 3.94. The molecule has 0 aromatic rings. The lowest BCUT2D eigenvalue weighted by Crippen LogP contribution is -2.52.